The summed E-state index contributed by atoms with van der Waals surface area (Å²) in [6.07, 6.45) is 3.83. The van der Waals surface area contributed by atoms with Crippen molar-refractivity contribution in [2.75, 3.05) is 6.54 Å². The van der Waals surface area contributed by atoms with Crippen molar-refractivity contribution in [1.29, 1.82) is 0 Å². The van der Waals surface area contributed by atoms with E-state index in [1.54, 1.807) is 0 Å². The average Bonchev–Trinajstić information content (AvgIpc) is 3.33. The van der Waals surface area contributed by atoms with E-state index in [1.165, 1.54) is 35.1 Å². The molecule has 0 aromatic heterocycles. The van der Waals surface area contributed by atoms with Crippen molar-refractivity contribution in [3.8, 4) is 0 Å². The lowest BCUT2D eigenvalue weighted by Gasteiger charge is -2.20. The molecule has 1 aliphatic rings. The molecule has 1 unspecified atom stereocenters. The van der Waals surface area contributed by atoms with Crippen LogP contribution in [0.1, 0.15) is 41.0 Å². The summed E-state index contributed by atoms with van der Waals surface area (Å²) in [7, 11) is 0. The Hall–Kier alpha value is -1.60. The summed E-state index contributed by atoms with van der Waals surface area (Å²) in [5, 5.41) is 3.71. The molecule has 0 aliphatic heterocycles. The number of rotatable bonds is 6. The van der Waals surface area contributed by atoms with Crippen molar-refractivity contribution < 1.29 is 0 Å². The molecule has 0 radical (unpaired) electrons. The van der Waals surface area contributed by atoms with Crippen molar-refractivity contribution in [2.24, 2.45) is 0 Å². The fourth-order valence-corrected chi connectivity index (χ4v) is 2.93. The van der Waals surface area contributed by atoms with Crippen LogP contribution in [0.3, 0.4) is 0 Å². The van der Waals surface area contributed by atoms with Gasteiger partial charge < -0.3 is 5.32 Å². The predicted molar refractivity (Wildman–Crippen MR) is 89.8 cm³/mol. The molecule has 2 aromatic carbocycles. The van der Waals surface area contributed by atoms with E-state index in [-0.39, 0.29) is 0 Å². The first kappa shape index (κ1) is 14.3. The smallest absolute Gasteiger partial charge is 0.00684 e. The minimum absolute atomic E-state index is 0.562. The maximum absolute atomic E-state index is 3.71. The van der Waals surface area contributed by atoms with Crippen molar-refractivity contribution in [1.82, 2.24) is 5.32 Å². The molecular weight excluding hydrogens is 254 g/mol. The fraction of sp³-hybridized carbons (Fsp3) is 0.400. The van der Waals surface area contributed by atoms with Gasteiger partial charge in [-0.2, -0.15) is 0 Å². The van der Waals surface area contributed by atoms with Crippen LogP contribution in [0.25, 0.3) is 0 Å². The molecule has 0 bridgehead atoms. The van der Waals surface area contributed by atoms with E-state index in [1.807, 2.05) is 0 Å². The van der Waals surface area contributed by atoms with Gasteiger partial charge in [-0.15, -0.1) is 0 Å². The van der Waals surface area contributed by atoms with Crippen LogP contribution in [0.2, 0.25) is 0 Å². The molecule has 1 heteroatoms. The van der Waals surface area contributed by atoms with Crippen molar-refractivity contribution in [2.45, 2.75) is 45.1 Å². The molecule has 0 spiro atoms. The van der Waals surface area contributed by atoms with Crippen molar-refractivity contribution in [3.63, 3.8) is 0 Å². The van der Waals surface area contributed by atoms with Crippen LogP contribution in [0.4, 0.5) is 0 Å². The molecule has 1 nitrogen and oxygen atoms in total. The van der Waals surface area contributed by atoms with E-state index in [4.69, 9.17) is 0 Å². The summed E-state index contributed by atoms with van der Waals surface area (Å²) >= 11 is 0. The maximum Gasteiger partial charge on any atom is 0.00684 e. The molecule has 1 saturated carbocycles. The molecule has 110 valence electrons. The normalized spacial score (nSPS) is 15.9. The first-order chi connectivity index (χ1) is 10.2. The quantitative estimate of drug-likeness (QED) is 0.827. The van der Waals surface area contributed by atoms with Gasteiger partial charge in [-0.1, -0.05) is 48.5 Å². The molecule has 1 aliphatic carbocycles. The number of benzene rings is 2. The van der Waals surface area contributed by atoms with Gasteiger partial charge in [0.2, 0.25) is 0 Å². The van der Waals surface area contributed by atoms with Crippen LogP contribution in [0.15, 0.2) is 48.5 Å². The molecule has 3 rings (SSSR count). The highest BCUT2D eigenvalue weighted by Crippen LogP contribution is 2.25. The Morgan fingerprint density at radius 2 is 1.76 bits per heavy atom. The van der Waals surface area contributed by atoms with Gasteiger partial charge in [0, 0.05) is 18.5 Å². The number of hydrogen-bond donors (Lipinski definition) is 1. The lowest BCUT2D eigenvalue weighted by atomic mass is 9.89. The average molecular weight is 279 g/mol. The number of aryl methyl sites for hydroxylation is 1. The van der Waals surface area contributed by atoms with Crippen LogP contribution in [0.5, 0.6) is 0 Å². The van der Waals surface area contributed by atoms with E-state index in [0.29, 0.717) is 5.92 Å². The van der Waals surface area contributed by atoms with Gasteiger partial charge in [0.1, 0.15) is 0 Å². The topological polar surface area (TPSA) is 12.0 Å². The Morgan fingerprint density at radius 1 is 1.00 bits per heavy atom. The Labute approximate surface area is 128 Å². The highest BCUT2D eigenvalue weighted by Gasteiger charge is 2.22. The van der Waals surface area contributed by atoms with E-state index in [0.717, 1.165) is 19.0 Å². The zero-order chi connectivity index (χ0) is 14.7. The van der Waals surface area contributed by atoms with E-state index in [9.17, 15) is 0 Å². The SMILES string of the molecule is Cc1cccc(CC(CNC2CC2)c2ccccc2)c1C. The molecule has 21 heavy (non-hydrogen) atoms. The summed E-state index contributed by atoms with van der Waals surface area (Å²) in [5.41, 5.74) is 5.78. The minimum atomic E-state index is 0.562. The molecule has 1 fully saturated rings. The van der Waals surface area contributed by atoms with Gasteiger partial charge in [-0.05, 0) is 55.4 Å². The second-order valence-corrected chi connectivity index (χ2v) is 6.35. The second-order valence-electron chi connectivity index (χ2n) is 6.35. The molecule has 0 amide bonds. The fourth-order valence-electron chi connectivity index (χ4n) is 2.93. The first-order valence-corrected chi connectivity index (χ1v) is 8.07. The van der Waals surface area contributed by atoms with Gasteiger partial charge in [-0.3, -0.25) is 0 Å². The zero-order valence-electron chi connectivity index (χ0n) is 13.1. The summed E-state index contributed by atoms with van der Waals surface area (Å²) in [5.74, 6) is 0.562. The summed E-state index contributed by atoms with van der Waals surface area (Å²) in [6, 6.07) is 18.4. The summed E-state index contributed by atoms with van der Waals surface area (Å²) < 4.78 is 0. The predicted octanol–water partition coefficient (Wildman–Crippen LogP) is 4.38. The molecule has 1 N–H and O–H groups in total. The molecule has 2 aromatic rings. The van der Waals surface area contributed by atoms with E-state index in [2.05, 4.69) is 67.7 Å². The van der Waals surface area contributed by atoms with Gasteiger partial charge in [0.25, 0.3) is 0 Å². The largest absolute Gasteiger partial charge is 0.313 e. The third-order valence-electron chi connectivity index (χ3n) is 4.68. The highest BCUT2D eigenvalue weighted by atomic mass is 14.9. The lowest BCUT2D eigenvalue weighted by molar-refractivity contribution is 0.576. The van der Waals surface area contributed by atoms with E-state index < -0.39 is 0 Å². The van der Waals surface area contributed by atoms with Gasteiger partial charge >= 0.3 is 0 Å². The Morgan fingerprint density at radius 3 is 2.48 bits per heavy atom. The monoisotopic (exact) mass is 279 g/mol. The van der Waals surface area contributed by atoms with Crippen LogP contribution in [0, 0.1) is 13.8 Å². The van der Waals surface area contributed by atoms with Crippen molar-refractivity contribution >= 4 is 0 Å². The van der Waals surface area contributed by atoms with Gasteiger partial charge in [0.15, 0.2) is 0 Å². The van der Waals surface area contributed by atoms with Crippen LogP contribution < -0.4 is 5.32 Å². The lowest BCUT2D eigenvalue weighted by Crippen LogP contribution is -2.25. The standard InChI is InChI=1S/C20H25N/c1-15-7-6-10-18(16(15)2)13-19(14-21-20-11-12-20)17-8-4-3-5-9-17/h3-10,19-21H,11-14H2,1-2H3. The molecule has 0 heterocycles. The summed E-state index contributed by atoms with van der Waals surface area (Å²) in [6.45, 7) is 5.54. The number of hydrogen-bond acceptors (Lipinski definition) is 1. The van der Waals surface area contributed by atoms with Crippen LogP contribution in [-0.4, -0.2) is 12.6 Å². The van der Waals surface area contributed by atoms with Gasteiger partial charge in [-0.25, -0.2) is 0 Å². The third kappa shape index (κ3) is 3.74. The van der Waals surface area contributed by atoms with Crippen LogP contribution >= 0.6 is 0 Å². The van der Waals surface area contributed by atoms with E-state index >= 15 is 0 Å². The minimum Gasteiger partial charge on any atom is -0.313 e. The Bertz CT molecular complexity index is 584. The van der Waals surface area contributed by atoms with Crippen molar-refractivity contribution in [3.05, 3.63) is 70.8 Å². The number of nitrogens with one attached hydrogen (secondary N) is 1. The highest BCUT2D eigenvalue weighted by molar-refractivity contribution is 5.35. The Balaban J connectivity index is 1.79. The maximum atomic E-state index is 3.71. The molecule has 1 atom stereocenters. The van der Waals surface area contributed by atoms with Gasteiger partial charge in [0.05, 0.1) is 0 Å². The Kier molecular flexibility index (Phi) is 4.40. The second kappa shape index (κ2) is 6.44. The van der Waals surface area contributed by atoms with Crippen LogP contribution in [-0.2, 0) is 6.42 Å². The molecular formula is C20H25N. The first-order valence-electron chi connectivity index (χ1n) is 8.07. The molecule has 0 saturated heterocycles. The summed E-state index contributed by atoms with van der Waals surface area (Å²) in [4.78, 5) is 0. The third-order valence-corrected chi connectivity index (χ3v) is 4.68. The zero-order valence-corrected chi connectivity index (χ0v) is 13.1.